The first-order valence-electron chi connectivity index (χ1n) is 6.89. The van der Waals surface area contributed by atoms with Gasteiger partial charge in [-0.25, -0.2) is 0 Å². The molecule has 2 N–H and O–H groups in total. The summed E-state index contributed by atoms with van der Waals surface area (Å²) in [6.45, 7) is 12.5. The quantitative estimate of drug-likeness (QED) is 0.271. The minimum absolute atomic E-state index is 0.158. The highest BCUT2D eigenvalue weighted by molar-refractivity contribution is 7.85. The monoisotopic (exact) mass is 307 g/mol. The van der Waals surface area contributed by atoms with Gasteiger partial charge in [0.1, 0.15) is 5.75 Å². The summed E-state index contributed by atoms with van der Waals surface area (Å²) in [4.78, 5) is 11.3. The summed E-state index contributed by atoms with van der Waals surface area (Å²) in [7, 11) is -3.93. The highest BCUT2D eigenvalue weighted by Crippen LogP contribution is 2.08. The average Bonchev–Trinajstić information content (AvgIpc) is 2.37. The molecule has 6 nitrogen and oxygen atoms in total. The van der Waals surface area contributed by atoms with E-state index in [2.05, 4.69) is 11.9 Å². The van der Waals surface area contributed by atoms with Crippen LogP contribution in [0.5, 0.6) is 0 Å². The van der Waals surface area contributed by atoms with Crippen LogP contribution >= 0.6 is 0 Å². The summed E-state index contributed by atoms with van der Waals surface area (Å²) in [6, 6.07) is 0. The van der Waals surface area contributed by atoms with E-state index in [1.807, 2.05) is 13.8 Å². The molecule has 0 saturated heterocycles. The van der Waals surface area contributed by atoms with Crippen molar-refractivity contribution in [2.75, 3.05) is 38.5 Å². The van der Waals surface area contributed by atoms with Crippen LogP contribution in [0.15, 0.2) is 12.2 Å². The van der Waals surface area contributed by atoms with Crippen LogP contribution in [0.25, 0.3) is 0 Å². The van der Waals surface area contributed by atoms with Gasteiger partial charge in [0.15, 0.2) is 0 Å². The summed E-state index contributed by atoms with van der Waals surface area (Å²) < 4.78 is 31.3. The Morgan fingerprint density at radius 1 is 1.25 bits per heavy atom. The number of carbonyl (C=O) groups is 1. The maximum atomic E-state index is 11.3. The van der Waals surface area contributed by atoms with E-state index in [1.165, 1.54) is 0 Å². The van der Waals surface area contributed by atoms with Crippen LogP contribution in [0.1, 0.15) is 27.2 Å². The molecule has 0 bridgehead atoms. The van der Waals surface area contributed by atoms with Crippen molar-refractivity contribution in [3.8, 4) is 0 Å². The first kappa shape index (κ1) is 19.1. The largest absolute Gasteiger partial charge is 0.352 e. The van der Waals surface area contributed by atoms with Gasteiger partial charge in [-0.15, -0.1) is 0 Å². The molecule has 0 aromatic heterocycles. The second kappa shape index (κ2) is 8.39. The molecule has 0 atom stereocenters. The number of quaternary nitrogens is 1. The van der Waals surface area contributed by atoms with Gasteiger partial charge in [0.05, 0.1) is 26.2 Å². The molecule has 0 saturated carbocycles. The number of hydrogen-bond acceptors (Lipinski definition) is 3. The lowest BCUT2D eigenvalue weighted by molar-refractivity contribution is -0.922. The minimum atomic E-state index is -3.93. The lowest BCUT2D eigenvalue weighted by Crippen LogP contribution is -2.51. The van der Waals surface area contributed by atoms with Crippen LogP contribution in [-0.2, 0) is 14.9 Å². The summed E-state index contributed by atoms with van der Waals surface area (Å²) in [5.41, 5.74) is 0.475. The Hall–Kier alpha value is -0.920. The van der Waals surface area contributed by atoms with Crippen molar-refractivity contribution in [1.82, 2.24) is 5.32 Å². The summed E-state index contributed by atoms with van der Waals surface area (Å²) in [6.07, 6.45) is 0.756. The molecular formula is C13H27N2O4S+. The van der Waals surface area contributed by atoms with Gasteiger partial charge in [-0.2, -0.15) is 8.42 Å². The highest BCUT2D eigenvalue weighted by Gasteiger charge is 2.25. The number of rotatable bonds is 10. The van der Waals surface area contributed by atoms with Gasteiger partial charge in [-0.3, -0.25) is 9.35 Å². The van der Waals surface area contributed by atoms with Crippen molar-refractivity contribution < 1.29 is 22.2 Å². The molecule has 0 aliphatic rings. The molecule has 0 rings (SSSR count). The number of nitrogens with one attached hydrogen (secondary N) is 1. The Bertz CT molecular complexity index is 428. The van der Waals surface area contributed by atoms with E-state index in [1.54, 1.807) is 6.92 Å². The van der Waals surface area contributed by atoms with Crippen molar-refractivity contribution in [3.63, 3.8) is 0 Å². The van der Waals surface area contributed by atoms with Crippen LogP contribution in [0.3, 0.4) is 0 Å². The fraction of sp³-hybridized carbons (Fsp3) is 0.769. The lowest BCUT2D eigenvalue weighted by Gasteiger charge is -2.36. The summed E-state index contributed by atoms with van der Waals surface area (Å²) >= 11 is 0. The average molecular weight is 307 g/mol. The Morgan fingerprint density at radius 2 is 1.80 bits per heavy atom. The molecule has 0 aromatic carbocycles. The lowest BCUT2D eigenvalue weighted by atomic mass is 10.2. The van der Waals surface area contributed by atoms with E-state index in [0.29, 0.717) is 23.1 Å². The van der Waals surface area contributed by atoms with Crippen LogP contribution in [0.4, 0.5) is 0 Å². The molecule has 0 aliphatic heterocycles. The van der Waals surface area contributed by atoms with E-state index in [0.717, 1.165) is 26.1 Å². The Labute approximate surface area is 122 Å². The van der Waals surface area contributed by atoms with Gasteiger partial charge in [0.25, 0.3) is 10.1 Å². The van der Waals surface area contributed by atoms with E-state index < -0.39 is 10.1 Å². The number of hydrogen-bond donors (Lipinski definition) is 2. The number of nitrogens with zero attached hydrogens (tertiary/aromatic N) is 1. The third-order valence-corrected chi connectivity index (χ3v) is 4.35. The molecule has 0 radical (unpaired) electrons. The molecule has 0 aromatic rings. The van der Waals surface area contributed by atoms with Gasteiger partial charge in [0.2, 0.25) is 5.91 Å². The van der Waals surface area contributed by atoms with E-state index in [-0.39, 0.29) is 11.7 Å². The zero-order valence-corrected chi connectivity index (χ0v) is 13.5. The fourth-order valence-corrected chi connectivity index (χ4v) is 2.66. The molecule has 1 amide bonds. The van der Waals surface area contributed by atoms with Crippen molar-refractivity contribution in [2.45, 2.75) is 27.2 Å². The van der Waals surface area contributed by atoms with Gasteiger partial charge >= 0.3 is 0 Å². The Balaban J connectivity index is 4.33. The molecule has 0 spiro atoms. The first-order chi connectivity index (χ1) is 9.16. The summed E-state index contributed by atoms with van der Waals surface area (Å²) in [5, 5.41) is 2.76. The topological polar surface area (TPSA) is 83.5 Å². The second-order valence-electron chi connectivity index (χ2n) is 5.10. The zero-order chi connectivity index (χ0) is 15.8. The fourth-order valence-electron chi connectivity index (χ4n) is 2.04. The van der Waals surface area contributed by atoms with Crippen LogP contribution in [-0.4, -0.2) is 61.8 Å². The molecular weight excluding hydrogens is 280 g/mol. The maximum absolute atomic E-state index is 11.3. The van der Waals surface area contributed by atoms with Gasteiger partial charge in [-0.05, 0) is 20.8 Å². The standard InChI is InChI=1S/C13H26N2O4S/c1-5-15(6-2,10-11-20(17,18)19)9-7-8-14-13(16)12(3)4/h3,5-11H2,1-2,4H3,(H-,14,16,17,18,19)/p+1. The maximum Gasteiger partial charge on any atom is 0.270 e. The third-order valence-electron chi connectivity index (χ3n) is 3.65. The molecule has 0 aliphatic carbocycles. The SMILES string of the molecule is C=C(C)C(=O)NCCC[N+](CC)(CC)CCS(=O)(=O)O. The van der Waals surface area contributed by atoms with Crippen molar-refractivity contribution in [2.24, 2.45) is 0 Å². The van der Waals surface area contributed by atoms with Crippen LogP contribution < -0.4 is 5.32 Å². The van der Waals surface area contributed by atoms with Crippen molar-refractivity contribution in [1.29, 1.82) is 0 Å². The Morgan fingerprint density at radius 3 is 2.20 bits per heavy atom. The second-order valence-corrected chi connectivity index (χ2v) is 6.67. The zero-order valence-electron chi connectivity index (χ0n) is 12.7. The Kier molecular flexibility index (Phi) is 8.00. The van der Waals surface area contributed by atoms with Crippen molar-refractivity contribution in [3.05, 3.63) is 12.2 Å². The molecule has 118 valence electrons. The minimum Gasteiger partial charge on any atom is -0.352 e. The predicted octanol–water partition coefficient (Wildman–Crippen LogP) is 0.813. The molecule has 7 heteroatoms. The van der Waals surface area contributed by atoms with E-state index in [9.17, 15) is 13.2 Å². The molecule has 20 heavy (non-hydrogen) atoms. The third kappa shape index (κ3) is 7.62. The normalized spacial score (nSPS) is 12.2. The number of amides is 1. The summed E-state index contributed by atoms with van der Waals surface area (Å²) in [5.74, 6) is -0.388. The van der Waals surface area contributed by atoms with Crippen LogP contribution in [0, 0.1) is 0 Å². The van der Waals surface area contributed by atoms with Crippen molar-refractivity contribution >= 4 is 16.0 Å². The van der Waals surface area contributed by atoms with E-state index in [4.69, 9.17) is 4.55 Å². The smallest absolute Gasteiger partial charge is 0.270 e. The van der Waals surface area contributed by atoms with Crippen LogP contribution in [0.2, 0.25) is 0 Å². The molecule has 0 unspecified atom stereocenters. The first-order valence-corrected chi connectivity index (χ1v) is 8.50. The van der Waals surface area contributed by atoms with E-state index >= 15 is 0 Å². The van der Waals surface area contributed by atoms with Gasteiger partial charge in [-0.1, -0.05) is 6.58 Å². The molecule has 0 fully saturated rings. The van der Waals surface area contributed by atoms with Gasteiger partial charge in [0, 0.05) is 18.5 Å². The number of carbonyl (C=O) groups excluding carboxylic acids is 1. The van der Waals surface area contributed by atoms with Gasteiger partial charge < -0.3 is 9.80 Å². The highest BCUT2D eigenvalue weighted by atomic mass is 32.2. The predicted molar refractivity (Wildman–Crippen MR) is 79.9 cm³/mol. The molecule has 0 heterocycles.